The summed E-state index contributed by atoms with van der Waals surface area (Å²) in [6.45, 7) is 2.62. The van der Waals surface area contributed by atoms with Crippen LogP contribution in [-0.4, -0.2) is 29.6 Å². The van der Waals surface area contributed by atoms with Crippen molar-refractivity contribution in [1.82, 2.24) is 5.32 Å². The van der Waals surface area contributed by atoms with E-state index in [0.717, 1.165) is 30.6 Å². The molecular weight excluding hydrogens is 420 g/mol. The van der Waals surface area contributed by atoms with Crippen molar-refractivity contribution in [2.24, 2.45) is 0 Å². The molecule has 31 heavy (non-hydrogen) atoms. The Morgan fingerprint density at radius 1 is 1.06 bits per heavy atom. The van der Waals surface area contributed by atoms with Gasteiger partial charge in [-0.3, -0.25) is 14.9 Å². The van der Waals surface area contributed by atoms with Crippen molar-refractivity contribution in [2.75, 3.05) is 11.5 Å². The molecule has 1 heterocycles. The number of nitrogens with zero attached hydrogens (tertiary/aromatic N) is 1. The Balaban J connectivity index is 1.89. The summed E-state index contributed by atoms with van der Waals surface area (Å²) in [6.07, 6.45) is 5.54. The number of urea groups is 1. The molecule has 8 heteroatoms. The lowest BCUT2D eigenvalue weighted by molar-refractivity contribution is -0.122. The first kappa shape index (κ1) is 22.4. The molecule has 1 aliphatic heterocycles. The third-order valence-corrected chi connectivity index (χ3v) is 4.97. The Morgan fingerprint density at radius 3 is 2.52 bits per heavy atom. The summed E-state index contributed by atoms with van der Waals surface area (Å²) in [5.41, 5.74) is 0.449. The average molecular weight is 443 g/mol. The molecule has 4 amide bonds. The van der Waals surface area contributed by atoms with E-state index in [0.29, 0.717) is 22.9 Å². The van der Waals surface area contributed by atoms with Gasteiger partial charge in [-0.25, -0.2) is 9.69 Å². The number of halogens is 1. The zero-order valence-corrected chi connectivity index (χ0v) is 17.8. The minimum Gasteiger partial charge on any atom is -0.508 e. The number of amides is 4. The van der Waals surface area contributed by atoms with Crippen LogP contribution >= 0.6 is 11.6 Å². The van der Waals surface area contributed by atoms with Crippen LogP contribution in [0.2, 0.25) is 5.02 Å². The summed E-state index contributed by atoms with van der Waals surface area (Å²) in [6, 6.07) is 9.58. The molecule has 162 valence electrons. The zero-order chi connectivity index (χ0) is 22.4. The predicted molar refractivity (Wildman–Crippen MR) is 118 cm³/mol. The lowest BCUT2D eigenvalue weighted by Crippen LogP contribution is -2.54. The molecule has 0 aromatic heterocycles. The number of ether oxygens (including phenoxy) is 1. The van der Waals surface area contributed by atoms with Gasteiger partial charge in [0.15, 0.2) is 0 Å². The molecule has 0 spiro atoms. The standard InChI is InChI=1S/C23H23ClN2O5/c1-2-3-4-5-12-31-20-11-6-16(24)13-15(20)14-19-21(28)25-23(30)26(22(19)29)17-7-9-18(27)10-8-17/h6-11,13-14,27H,2-5,12H2,1H3,(H,25,28,30)/b19-14-. The van der Waals surface area contributed by atoms with E-state index >= 15 is 0 Å². The molecule has 1 aliphatic rings. The van der Waals surface area contributed by atoms with Crippen LogP contribution in [0.4, 0.5) is 10.5 Å². The first-order chi connectivity index (χ1) is 14.9. The van der Waals surface area contributed by atoms with Crippen LogP contribution < -0.4 is 15.0 Å². The fourth-order valence-corrected chi connectivity index (χ4v) is 3.30. The molecule has 0 bridgehead atoms. The zero-order valence-electron chi connectivity index (χ0n) is 17.1. The maximum atomic E-state index is 13.0. The SMILES string of the molecule is CCCCCCOc1ccc(Cl)cc1/C=C1/C(=O)NC(=O)N(c2ccc(O)cc2)C1=O. The summed E-state index contributed by atoms with van der Waals surface area (Å²) >= 11 is 6.11. The molecule has 0 saturated carbocycles. The minimum atomic E-state index is -0.865. The van der Waals surface area contributed by atoms with Crippen molar-refractivity contribution in [1.29, 1.82) is 0 Å². The second kappa shape index (κ2) is 10.1. The monoisotopic (exact) mass is 442 g/mol. The second-order valence-electron chi connectivity index (χ2n) is 7.07. The van der Waals surface area contributed by atoms with E-state index in [1.807, 2.05) is 0 Å². The topological polar surface area (TPSA) is 95.9 Å². The Bertz CT molecular complexity index is 1020. The van der Waals surface area contributed by atoms with Gasteiger partial charge in [-0.05, 0) is 55.0 Å². The molecule has 0 unspecified atom stereocenters. The summed E-state index contributed by atoms with van der Waals surface area (Å²) < 4.78 is 5.84. The first-order valence-electron chi connectivity index (χ1n) is 10.0. The largest absolute Gasteiger partial charge is 0.508 e. The molecule has 2 aromatic rings. The number of nitrogens with one attached hydrogen (secondary N) is 1. The van der Waals surface area contributed by atoms with Gasteiger partial charge in [-0.1, -0.05) is 37.8 Å². The fourth-order valence-electron chi connectivity index (χ4n) is 3.12. The van der Waals surface area contributed by atoms with Crippen molar-refractivity contribution in [3.63, 3.8) is 0 Å². The van der Waals surface area contributed by atoms with Crippen LogP contribution in [0.25, 0.3) is 6.08 Å². The Hall–Kier alpha value is -3.32. The van der Waals surface area contributed by atoms with Gasteiger partial charge in [0.1, 0.15) is 17.1 Å². The number of phenols is 1. The Morgan fingerprint density at radius 2 is 1.81 bits per heavy atom. The molecule has 1 fully saturated rings. The highest BCUT2D eigenvalue weighted by molar-refractivity contribution is 6.39. The van der Waals surface area contributed by atoms with Gasteiger partial charge in [-0.2, -0.15) is 0 Å². The summed E-state index contributed by atoms with van der Waals surface area (Å²) in [7, 11) is 0. The van der Waals surface area contributed by atoms with Gasteiger partial charge in [0.2, 0.25) is 0 Å². The van der Waals surface area contributed by atoms with Crippen molar-refractivity contribution >= 4 is 41.2 Å². The normalized spacial score (nSPS) is 15.4. The third-order valence-electron chi connectivity index (χ3n) is 4.74. The van der Waals surface area contributed by atoms with Crippen molar-refractivity contribution in [2.45, 2.75) is 32.6 Å². The van der Waals surface area contributed by atoms with Crippen molar-refractivity contribution in [3.05, 3.63) is 58.6 Å². The maximum absolute atomic E-state index is 13.0. The van der Waals surface area contributed by atoms with E-state index in [4.69, 9.17) is 16.3 Å². The van der Waals surface area contributed by atoms with Gasteiger partial charge in [-0.15, -0.1) is 0 Å². The summed E-state index contributed by atoms with van der Waals surface area (Å²) in [5.74, 6) is -1.12. The van der Waals surface area contributed by atoms with Crippen LogP contribution in [0.15, 0.2) is 48.0 Å². The number of phenolic OH excluding ortho intramolecular Hbond substituents is 1. The Kier molecular flexibility index (Phi) is 7.31. The average Bonchev–Trinajstić information content (AvgIpc) is 2.73. The highest BCUT2D eigenvalue weighted by atomic mass is 35.5. The highest BCUT2D eigenvalue weighted by Gasteiger charge is 2.37. The fraction of sp³-hybridized carbons (Fsp3) is 0.261. The van der Waals surface area contributed by atoms with Crippen LogP contribution in [0.1, 0.15) is 38.2 Å². The number of imide groups is 2. The van der Waals surface area contributed by atoms with Gasteiger partial charge < -0.3 is 9.84 Å². The molecule has 2 aromatic carbocycles. The molecule has 0 radical (unpaired) electrons. The van der Waals surface area contributed by atoms with E-state index in [1.165, 1.54) is 30.3 Å². The second-order valence-corrected chi connectivity index (χ2v) is 7.50. The van der Waals surface area contributed by atoms with E-state index in [1.54, 1.807) is 18.2 Å². The van der Waals surface area contributed by atoms with Crippen LogP contribution in [0, 0.1) is 0 Å². The highest BCUT2D eigenvalue weighted by Crippen LogP contribution is 2.28. The first-order valence-corrected chi connectivity index (χ1v) is 10.4. The van der Waals surface area contributed by atoms with Gasteiger partial charge >= 0.3 is 6.03 Å². The number of barbiturate groups is 1. The quantitative estimate of drug-likeness (QED) is 0.352. The molecular formula is C23H23ClN2O5. The van der Waals surface area contributed by atoms with Crippen molar-refractivity contribution in [3.8, 4) is 11.5 Å². The molecule has 3 rings (SSSR count). The van der Waals surface area contributed by atoms with E-state index in [-0.39, 0.29) is 17.0 Å². The Labute approximate surface area is 185 Å². The minimum absolute atomic E-state index is 0.0138. The molecule has 7 nitrogen and oxygen atoms in total. The van der Waals surface area contributed by atoms with Crippen LogP contribution in [0.3, 0.4) is 0 Å². The number of hydrogen-bond donors (Lipinski definition) is 2. The van der Waals surface area contributed by atoms with E-state index in [9.17, 15) is 19.5 Å². The number of carbonyl (C=O) groups is 3. The van der Waals surface area contributed by atoms with E-state index < -0.39 is 17.8 Å². The third kappa shape index (κ3) is 5.44. The van der Waals surface area contributed by atoms with Gasteiger partial charge in [0, 0.05) is 10.6 Å². The summed E-state index contributed by atoms with van der Waals surface area (Å²) in [4.78, 5) is 38.5. The lowest BCUT2D eigenvalue weighted by atomic mass is 10.1. The number of benzene rings is 2. The maximum Gasteiger partial charge on any atom is 0.335 e. The number of carbonyl (C=O) groups excluding carboxylic acids is 3. The smallest absolute Gasteiger partial charge is 0.335 e. The number of anilines is 1. The number of hydrogen-bond acceptors (Lipinski definition) is 5. The number of aromatic hydroxyl groups is 1. The molecule has 0 atom stereocenters. The van der Waals surface area contributed by atoms with Gasteiger partial charge in [0.05, 0.1) is 12.3 Å². The number of unbranched alkanes of at least 4 members (excludes halogenated alkanes) is 3. The molecule has 1 saturated heterocycles. The van der Waals surface area contributed by atoms with Crippen LogP contribution in [-0.2, 0) is 9.59 Å². The number of rotatable bonds is 8. The lowest BCUT2D eigenvalue weighted by Gasteiger charge is -2.26. The van der Waals surface area contributed by atoms with E-state index in [2.05, 4.69) is 12.2 Å². The molecule has 2 N–H and O–H groups in total. The van der Waals surface area contributed by atoms with Gasteiger partial charge in [0.25, 0.3) is 11.8 Å². The van der Waals surface area contributed by atoms with Crippen LogP contribution in [0.5, 0.6) is 11.5 Å². The molecule has 0 aliphatic carbocycles. The summed E-state index contributed by atoms with van der Waals surface area (Å²) in [5, 5.41) is 12.0. The van der Waals surface area contributed by atoms with Crippen molar-refractivity contribution < 1.29 is 24.2 Å². The predicted octanol–water partition coefficient (Wildman–Crippen LogP) is 4.67.